The van der Waals surface area contributed by atoms with Crippen molar-refractivity contribution >= 4 is 24.0 Å². The summed E-state index contributed by atoms with van der Waals surface area (Å²) >= 11 is 0. The zero-order valence-electron chi connectivity index (χ0n) is 14.1. The van der Waals surface area contributed by atoms with Gasteiger partial charge in [-0.05, 0) is 34.1 Å². The Labute approximate surface area is 135 Å². The number of halogens is 1. The molecule has 0 atom stereocenters. The fraction of sp³-hybridized carbons (Fsp3) is 0.600. The fourth-order valence-electron chi connectivity index (χ4n) is 2.28. The molecule has 0 unspecified atom stereocenters. The molecular formula is C15H22BFN2O4. The van der Waals surface area contributed by atoms with Gasteiger partial charge in [-0.25, -0.2) is 4.39 Å². The van der Waals surface area contributed by atoms with Crippen molar-refractivity contribution in [3.63, 3.8) is 0 Å². The quantitative estimate of drug-likeness (QED) is 0.512. The van der Waals surface area contributed by atoms with E-state index in [1.807, 2.05) is 34.6 Å². The summed E-state index contributed by atoms with van der Waals surface area (Å²) in [6, 6.07) is 2.32. The van der Waals surface area contributed by atoms with E-state index in [9.17, 15) is 14.5 Å². The van der Waals surface area contributed by atoms with Crippen LogP contribution in [0.1, 0.15) is 41.0 Å². The first kappa shape index (κ1) is 17.7. The van der Waals surface area contributed by atoms with Gasteiger partial charge in [0.05, 0.1) is 16.1 Å². The molecule has 1 N–H and O–H groups in total. The van der Waals surface area contributed by atoms with Crippen molar-refractivity contribution in [3.05, 3.63) is 28.1 Å². The van der Waals surface area contributed by atoms with Gasteiger partial charge in [0.1, 0.15) is 11.5 Å². The van der Waals surface area contributed by atoms with Crippen molar-refractivity contribution in [2.75, 3.05) is 11.9 Å². The van der Waals surface area contributed by atoms with Crippen LogP contribution in [0.3, 0.4) is 0 Å². The number of benzene rings is 1. The molecule has 1 aromatic rings. The average molecular weight is 324 g/mol. The van der Waals surface area contributed by atoms with Crippen LogP contribution in [-0.4, -0.2) is 29.8 Å². The Morgan fingerprint density at radius 1 is 1.26 bits per heavy atom. The number of nitro groups is 1. The molecule has 2 rings (SSSR count). The number of hydrogen-bond acceptors (Lipinski definition) is 5. The first-order valence-electron chi connectivity index (χ1n) is 7.66. The molecule has 1 aromatic carbocycles. The third-order valence-electron chi connectivity index (χ3n) is 4.38. The number of hydrogen-bond donors (Lipinski definition) is 1. The Morgan fingerprint density at radius 2 is 1.83 bits per heavy atom. The maximum Gasteiger partial charge on any atom is 0.498 e. The second kappa shape index (κ2) is 6.09. The van der Waals surface area contributed by atoms with Crippen LogP contribution < -0.4 is 10.8 Å². The maximum atomic E-state index is 14.5. The summed E-state index contributed by atoms with van der Waals surface area (Å²) in [5, 5.41) is 14.2. The molecule has 0 aromatic heterocycles. The molecule has 0 aliphatic carbocycles. The monoisotopic (exact) mass is 324 g/mol. The standard InChI is InChI=1S/C15H22BFN2O4/c1-6-7-18-12-9-11(17)10(8-13(12)19(20)21)16-22-14(2,3)15(4,5)23-16/h8-9,18H,6-7H2,1-5H3. The van der Waals surface area contributed by atoms with Gasteiger partial charge in [0.15, 0.2) is 0 Å². The molecule has 0 amide bonds. The van der Waals surface area contributed by atoms with Crippen LogP contribution in [0.4, 0.5) is 15.8 Å². The third kappa shape index (κ3) is 3.33. The van der Waals surface area contributed by atoms with E-state index >= 15 is 0 Å². The fourth-order valence-corrected chi connectivity index (χ4v) is 2.28. The highest BCUT2D eigenvalue weighted by atomic mass is 19.1. The lowest BCUT2D eigenvalue weighted by Gasteiger charge is -2.32. The third-order valence-corrected chi connectivity index (χ3v) is 4.38. The van der Waals surface area contributed by atoms with Gasteiger partial charge < -0.3 is 14.6 Å². The summed E-state index contributed by atoms with van der Waals surface area (Å²) in [4.78, 5) is 10.7. The zero-order chi connectivity index (χ0) is 17.4. The molecule has 1 aliphatic heterocycles. The molecule has 0 radical (unpaired) electrons. The van der Waals surface area contributed by atoms with Crippen LogP contribution in [0, 0.1) is 15.9 Å². The van der Waals surface area contributed by atoms with Crippen LogP contribution in [0.2, 0.25) is 0 Å². The highest BCUT2D eigenvalue weighted by Gasteiger charge is 2.52. The zero-order valence-corrected chi connectivity index (χ0v) is 14.1. The Balaban J connectivity index is 2.41. The molecule has 6 nitrogen and oxygen atoms in total. The molecule has 1 heterocycles. The molecule has 0 saturated carbocycles. The van der Waals surface area contributed by atoms with Gasteiger partial charge >= 0.3 is 7.12 Å². The Morgan fingerprint density at radius 3 is 2.30 bits per heavy atom. The minimum absolute atomic E-state index is 0.0393. The summed E-state index contributed by atoms with van der Waals surface area (Å²) in [5.41, 5.74) is -1.27. The lowest BCUT2D eigenvalue weighted by atomic mass is 9.78. The van der Waals surface area contributed by atoms with Crippen LogP contribution >= 0.6 is 0 Å². The Bertz CT molecular complexity index is 606. The first-order valence-corrected chi connectivity index (χ1v) is 7.66. The van der Waals surface area contributed by atoms with E-state index in [2.05, 4.69) is 5.32 Å². The summed E-state index contributed by atoms with van der Waals surface area (Å²) in [6.45, 7) is 9.82. The van der Waals surface area contributed by atoms with Gasteiger partial charge in [-0.3, -0.25) is 10.1 Å². The normalized spacial score (nSPS) is 19.0. The maximum absolute atomic E-state index is 14.5. The lowest BCUT2D eigenvalue weighted by molar-refractivity contribution is -0.383. The van der Waals surface area contributed by atoms with Crippen LogP contribution in [0.15, 0.2) is 12.1 Å². The van der Waals surface area contributed by atoms with E-state index < -0.39 is 29.1 Å². The Kier molecular flexibility index (Phi) is 4.68. The largest absolute Gasteiger partial charge is 0.498 e. The second-order valence-electron chi connectivity index (χ2n) is 6.66. The van der Waals surface area contributed by atoms with E-state index in [0.717, 1.165) is 12.5 Å². The van der Waals surface area contributed by atoms with Gasteiger partial charge in [-0.15, -0.1) is 0 Å². The highest BCUT2D eigenvalue weighted by molar-refractivity contribution is 6.62. The number of nitro benzene ring substituents is 1. The van der Waals surface area contributed by atoms with E-state index in [1.54, 1.807) is 0 Å². The van der Waals surface area contributed by atoms with Crippen LogP contribution in [0.25, 0.3) is 0 Å². The minimum Gasteiger partial charge on any atom is -0.399 e. The van der Waals surface area contributed by atoms with Gasteiger partial charge in [0.25, 0.3) is 5.69 Å². The van der Waals surface area contributed by atoms with E-state index in [0.29, 0.717) is 6.54 Å². The summed E-state index contributed by atoms with van der Waals surface area (Å²) in [5.74, 6) is -0.590. The lowest BCUT2D eigenvalue weighted by Crippen LogP contribution is -2.41. The van der Waals surface area contributed by atoms with Gasteiger partial charge in [-0.1, -0.05) is 6.92 Å². The highest BCUT2D eigenvalue weighted by Crippen LogP contribution is 2.37. The van der Waals surface area contributed by atoms with Gasteiger partial charge in [-0.2, -0.15) is 0 Å². The predicted octanol–water partition coefficient (Wildman–Crippen LogP) is 2.86. The van der Waals surface area contributed by atoms with Crippen molar-refractivity contribution in [2.45, 2.75) is 52.2 Å². The van der Waals surface area contributed by atoms with Crippen molar-refractivity contribution in [3.8, 4) is 0 Å². The van der Waals surface area contributed by atoms with E-state index in [1.165, 1.54) is 6.07 Å². The Hall–Kier alpha value is -1.67. The summed E-state index contributed by atoms with van der Waals surface area (Å²) in [6.07, 6.45) is 0.776. The molecule has 0 bridgehead atoms. The van der Waals surface area contributed by atoms with Crippen LogP contribution in [-0.2, 0) is 9.31 Å². The van der Waals surface area contributed by atoms with Gasteiger partial charge in [0.2, 0.25) is 0 Å². The second-order valence-corrected chi connectivity index (χ2v) is 6.66. The molecule has 126 valence electrons. The van der Waals surface area contributed by atoms with E-state index in [-0.39, 0.29) is 16.8 Å². The summed E-state index contributed by atoms with van der Waals surface area (Å²) < 4.78 is 26.0. The van der Waals surface area contributed by atoms with Crippen molar-refractivity contribution < 1.29 is 18.6 Å². The molecule has 1 aliphatic rings. The molecule has 1 fully saturated rings. The number of nitrogens with one attached hydrogen (secondary N) is 1. The SMILES string of the molecule is CCCNc1cc(F)c(B2OC(C)(C)C(C)(C)O2)cc1[N+](=O)[O-]. The topological polar surface area (TPSA) is 73.6 Å². The predicted molar refractivity (Wildman–Crippen MR) is 87.6 cm³/mol. The number of nitrogens with zero attached hydrogens (tertiary/aromatic N) is 1. The average Bonchev–Trinajstić information content (AvgIpc) is 2.64. The number of anilines is 1. The van der Waals surface area contributed by atoms with Crippen molar-refractivity contribution in [2.24, 2.45) is 0 Å². The van der Waals surface area contributed by atoms with E-state index in [4.69, 9.17) is 9.31 Å². The molecule has 8 heteroatoms. The summed E-state index contributed by atoms with van der Waals surface area (Å²) in [7, 11) is -0.973. The smallest absolute Gasteiger partial charge is 0.399 e. The molecule has 23 heavy (non-hydrogen) atoms. The minimum atomic E-state index is -0.973. The molecule has 0 spiro atoms. The van der Waals surface area contributed by atoms with Crippen molar-refractivity contribution in [1.29, 1.82) is 0 Å². The van der Waals surface area contributed by atoms with Gasteiger partial charge in [0, 0.05) is 24.1 Å². The molecular weight excluding hydrogens is 302 g/mol. The van der Waals surface area contributed by atoms with Crippen molar-refractivity contribution in [1.82, 2.24) is 0 Å². The van der Waals surface area contributed by atoms with Crippen LogP contribution in [0.5, 0.6) is 0 Å². The molecule has 1 saturated heterocycles. The number of rotatable bonds is 5. The first-order chi connectivity index (χ1) is 10.6.